The van der Waals surface area contributed by atoms with Crippen LogP contribution in [0.5, 0.6) is 5.88 Å². The highest BCUT2D eigenvalue weighted by molar-refractivity contribution is 6.31. The van der Waals surface area contributed by atoms with Crippen molar-refractivity contribution in [2.45, 2.75) is 13.5 Å². The van der Waals surface area contributed by atoms with Crippen molar-refractivity contribution in [3.8, 4) is 11.9 Å². The van der Waals surface area contributed by atoms with Gasteiger partial charge in [0, 0.05) is 16.3 Å². The van der Waals surface area contributed by atoms with Crippen molar-refractivity contribution in [1.82, 2.24) is 4.98 Å². The number of hydrogen-bond donors (Lipinski definition) is 0. The number of rotatable bonds is 3. The van der Waals surface area contributed by atoms with Crippen molar-refractivity contribution in [3.05, 3.63) is 58.2 Å². The van der Waals surface area contributed by atoms with Crippen LogP contribution in [0.25, 0.3) is 0 Å². The first-order valence-electron chi connectivity index (χ1n) is 5.44. The summed E-state index contributed by atoms with van der Waals surface area (Å²) >= 11 is 6.03. The molecule has 1 aromatic carbocycles. The Hall–Kier alpha value is -2.05. The Labute approximate surface area is 111 Å². The summed E-state index contributed by atoms with van der Waals surface area (Å²) in [4.78, 5) is 4.20. The van der Waals surface area contributed by atoms with Crippen molar-refractivity contribution >= 4 is 11.6 Å². The molecule has 0 radical (unpaired) electrons. The summed E-state index contributed by atoms with van der Waals surface area (Å²) in [7, 11) is 0. The fraction of sp³-hybridized carbons (Fsp3) is 0.143. The van der Waals surface area contributed by atoms with Gasteiger partial charge in [-0.15, -0.1) is 0 Å². The van der Waals surface area contributed by atoms with Gasteiger partial charge in [-0.1, -0.05) is 29.8 Å². The number of aryl methyl sites for hydroxylation is 1. The molecule has 1 heterocycles. The van der Waals surface area contributed by atoms with E-state index in [9.17, 15) is 0 Å². The molecule has 0 saturated heterocycles. The number of ether oxygens (including phenoxy) is 1. The molecule has 90 valence electrons. The lowest BCUT2D eigenvalue weighted by Crippen LogP contribution is -2.00. The van der Waals surface area contributed by atoms with Gasteiger partial charge in [0.1, 0.15) is 18.2 Å². The van der Waals surface area contributed by atoms with Gasteiger partial charge < -0.3 is 4.74 Å². The van der Waals surface area contributed by atoms with Crippen LogP contribution >= 0.6 is 11.6 Å². The number of pyridine rings is 1. The summed E-state index contributed by atoms with van der Waals surface area (Å²) in [5.41, 5.74) is 2.10. The smallest absolute Gasteiger partial charge is 0.232 e. The predicted octanol–water partition coefficient (Wildman–Crippen LogP) is 3.49. The number of aromatic nitrogens is 1. The van der Waals surface area contributed by atoms with E-state index in [1.54, 1.807) is 18.2 Å². The second kappa shape index (κ2) is 5.52. The Morgan fingerprint density at radius 3 is 2.78 bits per heavy atom. The molecule has 0 saturated carbocycles. The Morgan fingerprint density at radius 1 is 1.28 bits per heavy atom. The van der Waals surface area contributed by atoms with Gasteiger partial charge in [0.2, 0.25) is 5.88 Å². The molecule has 0 aliphatic heterocycles. The summed E-state index contributed by atoms with van der Waals surface area (Å²) in [5, 5.41) is 9.61. The van der Waals surface area contributed by atoms with Crippen LogP contribution in [0.2, 0.25) is 5.02 Å². The topological polar surface area (TPSA) is 45.9 Å². The zero-order valence-electron chi connectivity index (χ0n) is 9.85. The van der Waals surface area contributed by atoms with Gasteiger partial charge in [0.05, 0.1) is 0 Å². The van der Waals surface area contributed by atoms with E-state index < -0.39 is 0 Å². The molecule has 2 aromatic rings. The molecule has 0 spiro atoms. The lowest BCUT2D eigenvalue weighted by molar-refractivity contribution is 0.292. The number of nitriles is 1. The second-order valence-corrected chi connectivity index (χ2v) is 4.20. The summed E-state index contributed by atoms with van der Waals surface area (Å²) in [6.45, 7) is 2.15. The first kappa shape index (κ1) is 12.4. The molecule has 0 bridgehead atoms. The molecular weight excluding hydrogens is 248 g/mol. The summed E-state index contributed by atoms with van der Waals surface area (Å²) < 4.78 is 5.56. The van der Waals surface area contributed by atoms with Crippen LogP contribution in [0, 0.1) is 18.3 Å². The van der Waals surface area contributed by atoms with Crippen molar-refractivity contribution in [3.63, 3.8) is 0 Å². The number of halogens is 1. The van der Waals surface area contributed by atoms with E-state index >= 15 is 0 Å². The van der Waals surface area contributed by atoms with Crippen LogP contribution in [0.15, 0.2) is 36.4 Å². The quantitative estimate of drug-likeness (QED) is 0.847. The highest BCUT2D eigenvalue weighted by Gasteiger charge is 2.07. The Kier molecular flexibility index (Phi) is 3.81. The zero-order valence-corrected chi connectivity index (χ0v) is 10.6. The molecule has 2 rings (SSSR count). The maximum absolute atomic E-state index is 8.97. The van der Waals surface area contributed by atoms with Gasteiger partial charge in [-0.05, 0) is 25.1 Å². The average molecular weight is 259 g/mol. The summed E-state index contributed by atoms with van der Waals surface area (Å²) in [6, 6.07) is 13.0. The van der Waals surface area contributed by atoms with Gasteiger partial charge in [-0.25, -0.2) is 4.98 Å². The van der Waals surface area contributed by atoms with Crippen LogP contribution in [0.1, 0.15) is 16.8 Å². The first-order chi connectivity index (χ1) is 8.70. The van der Waals surface area contributed by atoms with Crippen LogP contribution in [-0.4, -0.2) is 4.98 Å². The van der Waals surface area contributed by atoms with Gasteiger partial charge in [-0.2, -0.15) is 5.26 Å². The van der Waals surface area contributed by atoms with Gasteiger partial charge in [0.25, 0.3) is 0 Å². The van der Waals surface area contributed by atoms with E-state index in [1.807, 2.05) is 25.1 Å². The minimum Gasteiger partial charge on any atom is -0.472 e. The average Bonchev–Trinajstić information content (AvgIpc) is 2.38. The fourth-order valence-corrected chi connectivity index (χ4v) is 1.68. The van der Waals surface area contributed by atoms with E-state index in [1.165, 1.54) is 0 Å². The minimum absolute atomic E-state index is 0.296. The van der Waals surface area contributed by atoms with Crippen molar-refractivity contribution in [2.75, 3.05) is 0 Å². The van der Waals surface area contributed by atoms with E-state index in [-0.39, 0.29) is 0 Å². The third-order valence-corrected chi connectivity index (χ3v) is 2.81. The van der Waals surface area contributed by atoms with Crippen molar-refractivity contribution in [2.24, 2.45) is 0 Å². The van der Waals surface area contributed by atoms with E-state index in [2.05, 4.69) is 11.1 Å². The van der Waals surface area contributed by atoms with E-state index in [0.29, 0.717) is 23.1 Å². The molecule has 0 unspecified atom stereocenters. The van der Waals surface area contributed by atoms with E-state index in [0.717, 1.165) is 11.3 Å². The third kappa shape index (κ3) is 2.79. The van der Waals surface area contributed by atoms with Crippen LogP contribution in [0.3, 0.4) is 0 Å². The molecule has 4 heteroatoms. The van der Waals surface area contributed by atoms with Gasteiger partial charge in [0.15, 0.2) is 0 Å². The molecule has 1 aromatic heterocycles. The Balaban J connectivity index is 2.18. The van der Waals surface area contributed by atoms with Crippen molar-refractivity contribution in [1.29, 1.82) is 5.26 Å². The molecule has 3 nitrogen and oxygen atoms in total. The number of benzene rings is 1. The molecule has 0 fully saturated rings. The van der Waals surface area contributed by atoms with Crippen molar-refractivity contribution < 1.29 is 4.74 Å². The summed E-state index contributed by atoms with van der Waals surface area (Å²) in [5.74, 6) is 0.345. The molecule has 0 atom stereocenters. The predicted molar refractivity (Wildman–Crippen MR) is 69.5 cm³/mol. The standard InChI is InChI=1S/C14H11ClN2O/c1-10-6-7-11(8-16)14(17-10)18-9-12-4-2-3-5-13(12)15/h2-7H,9H2,1H3. The normalized spacial score (nSPS) is 9.83. The molecule has 0 aliphatic carbocycles. The Bertz CT molecular complexity index is 605. The van der Waals surface area contributed by atoms with E-state index in [4.69, 9.17) is 21.6 Å². The number of nitrogens with zero attached hydrogens (tertiary/aromatic N) is 2. The second-order valence-electron chi connectivity index (χ2n) is 3.80. The van der Waals surface area contributed by atoms with Gasteiger partial charge >= 0.3 is 0 Å². The zero-order chi connectivity index (χ0) is 13.0. The largest absolute Gasteiger partial charge is 0.472 e. The minimum atomic E-state index is 0.296. The SMILES string of the molecule is Cc1ccc(C#N)c(OCc2ccccc2Cl)n1. The fourth-order valence-electron chi connectivity index (χ4n) is 1.49. The monoisotopic (exact) mass is 258 g/mol. The molecule has 0 amide bonds. The maximum Gasteiger partial charge on any atom is 0.232 e. The van der Waals surface area contributed by atoms with Crippen LogP contribution in [0.4, 0.5) is 0 Å². The van der Waals surface area contributed by atoms with Crippen LogP contribution in [-0.2, 0) is 6.61 Å². The Morgan fingerprint density at radius 2 is 2.06 bits per heavy atom. The lowest BCUT2D eigenvalue weighted by atomic mass is 10.2. The lowest BCUT2D eigenvalue weighted by Gasteiger charge is -2.08. The number of hydrogen-bond acceptors (Lipinski definition) is 3. The molecule has 18 heavy (non-hydrogen) atoms. The highest BCUT2D eigenvalue weighted by atomic mass is 35.5. The summed E-state index contributed by atoms with van der Waals surface area (Å²) in [6.07, 6.45) is 0. The molecular formula is C14H11ClN2O. The maximum atomic E-state index is 8.97. The van der Waals surface area contributed by atoms with Gasteiger partial charge in [-0.3, -0.25) is 0 Å². The molecule has 0 aliphatic rings. The highest BCUT2D eigenvalue weighted by Crippen LogP contribution is 2.20. The third-order valence-electron chi connectivity index (χ3n) is 2.44. The van der Waals surface area contributed by atoms with Crippen LogP contribution < -0.4 is 4.74 Å². The molecule has 0 N–H and O–H groups in total. The first-order valence-corrected chi connectivity index (χ1v) is 5.82.